The predicted octanol–water partition coefficient (Wildman–Crippen LogP) is 2.58. The Morgan fingerprint density at radius 2 is 2.06 bits per heavy atom. The molecule has 0 radical (unpaired) electrons. The largest absolute Gasteiger partial charge is 0.301 e. The zero-order chi connectivity index (χ0) is 11.0. The van der Waals surface area contributed by atoms with Crippen LogP contribution in [0.2, 0.25) is 5.02 Å². The molecule has 2 aromatic heterocycles. The Balaban J connectivity index is 1.93. The lowest BCUT2D eigenvalue weighted by atomic mass is 10.4. The van der Waals surface area contributed by atoms with Crippen molar-refractivity contribution < 1.29 is 0 Å². The molecule has 0 N–H and O–H groups in total. The van der Waals surface area contributed by atoms with Crippen molar-refractivity contribution in [2.75, 3.05) is 13.1 Å². The molecule has 0 spiro atoms. The van der Waals surface area contributed by atoms with Crippen LogP contribution in [-0.4, -0.2) is 27.4 Å². The fourth-order valence-electron chi connectivity index (χ4n) is 2.29. The fraction of sp³-hybridized carbons (Fsp3) is 0.417. The Morgan fingerprint density at radius 1 is 1.25 bits per heavy atom. The van der Waals surface area contributed by atoms with Crippen LogP contribution in [0.5, 0.6) is 0 Å². The van der Waals surface area contributed by atoms with Crippen molar-refractivity contribution in [3.05, 3.63) is 35.2 Å². The Bertz CT molecular complexity index is 500. The molecule has 3 nitrogen and oxygen atoms in total. The summed E-state index contributed by atoms with van der Waals surface area (Å²) in [4.78, 5) is 6.84. The molecule has 16 heavy (non-hydrogen) atoms. The van der Waals surface area contributed by atoms with Gasteiger partial charge >= 0.3 is 0 Å². The van der Waals surface area contributed by atoms with Gasteiger partial charge in [0.05, 0.1) is 16.9 Å². The average Bonchev–Trinajstić information content (AvgIpc) is 2.90. The first-order valence-electron chi connectivity index (χ1n) is 5.67. The Kier molecular flexibility index (Phi) is 2.58. The van der Waals surface area contributed by atoms with Crippen LogP contribution in [-0.2, 0) is 6.54 Å². The maximum absolute atomic E-state index is 6.00. The van der Waals surface area contributed by atoms with Crippen LogP contribution in [0.4, 0.5) is 0 Å². The molecular weight excluding hydrogens is 222 g/mol. The van der Waals surface area contributed by atoms with E-state index >= 15 is 0 Å². The molecule has 0 atom stereocenters. The van der Waals surface area contributed by atoms with Crippen LogP contribution in [0.15, 0.2) is 24.5 Å². The topological polar surface area (TPSA) is 20.5 Å². The lowest BCUT2D eigenvalue weighted by Crippen LogP contribution is -2.19. The van der Waals surface area contributed by atoms with Gasteiger partial charge in [0.25, 0.3) is 0 Å². The molecule has 0 unspecified atom stereocenters. The monoisotopic (exact) mass is 235 g/mol. The quantitative estimate of drug-likeness (QED) is 0.798. The fourth-order valence-corrected chi connectivity index (χ4v) is 2.45. The second-order valence-electron chi connectivity index (χ2n) is 4.31. The van der Waals surface area contributed by atoms with Crippen LogP contribution in [0.25, 0.3) is 5.65 Å². The molecule has 3 heterocycles. The van der Waals surface area contributed by atoms with Crippen molar-refractivity contribution in [3.63, 3.8) is 0 Å². The van der Waals surface area contributed by atoms with Crippen LogP contribution in [0.3, 0.4) is 0 Å². The normalized spacial score (nSPS) is 17.3. The Morgan fingerprint density at radius 3 is 2.88 bits per heavy atom. The smallest absolute Gasteiger partial charge is 0.137 e. The number of fused-ring (bicyclic) bond motifs is 1. The van der Waals surface area contributed by atoms with Gasteiger partial charge in [-0.3, -0.25) is 4.90 Å². The number of rotatable bonds is 2. The summed E-state index contributed by atoms with van der Waals surface area (Å²) < 4.78 is 2.08. The highest BCUT2D eigenvalue weighted by atomic mass is 35.5. The Labute approximate surface area is 99.7 Å². The first kappa shape index (κ1) is 10.1. The van der Waals surface area contributed by atoms with Crippen molar-refractivity contribution in [2.24, 2.45) is 0 Å². The minimum atomic E-state index is 0.758. The molecule has 2 aromatic rings. The van der Waals surface area contributed by atoms with Gasteiger partial charge in [0.1, 0.15) is 5.65 Å². The van der Waals surface area contributed by atoms with E-state index in [1.54, 1.807) is 0 Å². The highest BCUT2D eigenvalue weighted by Crippen LogP contribution is 2.16. The summed E-state index contributed by atoms with van der Waals surface area (Å²) in [6, 6.07) is 3.83. The van der Waals surface area contributed by atoms with Gasteiger partial charge < -0.3 is 4.40 Å². The summed E-state index contributed by atoms with van der Waals surface area (Å²) in [5.74, 6) is 0. The first-order chi connectivity index (χ1) is 7.83. The summed E-state index contributed by atoms with van der Waals surface area (Å²) in [5, 5.41) is 0.758. The van der Waals surface area contributed by atoms with Crippen LogP contribution >= 0.6 is 11.6 Å². The van der Waals surface area contributed by atoms with Crippen molar-refractivity contribution >= 4 is 17.2 Å². The van der Waals surface area contributed by atoms with Crippen molar-refractivity contribution in [1.29, 1.82) is 0 Å². The van der Waals surface area contributed by atoms with E-state index in [1.165, 1.54) is 31.6 Å². The highest BCUT2D eigenvalue weighted by Gasteiger charge is 2.13. The molecule has 0 saturated carbocycles. The third kappa shape index (κ3) is 1.81. The van der Waals surface area contributed by atoms with E-state index in [9.17, 15) is 0 Å². The van der Waals surface area contributed by atoms with E-state index in [-0.39, 0.29) is 0 Å². The van der Waals surface area contributed by atoms with Gasteiger partial charge in [0.2, 0.25) is 0 Å². The van der Waals surface area contributed by atoms with Gasteiger partial charge in [-0.15, -0.1) is 0 Å². The number of nitrogens with zero attached hydrogens (tertiary/aromatic N) is 3. The Hall–Kier alpha value is -1.06. The molecule has 0 aliphatic carbocycles. The molecule has 84 valence electrons. The predicted molar refractivity (Wildman–Crippen MR) is 64.7 cm³/mol. The third-order valence-corrected chi connectivity index (χ3v) is 3.35. The molecule has 0 aromatic carbocycles. The van der Waals surface area contributed by atoms with Gasteiger partial charge in [0.15, 0.2) is 0 Å². The lowest BCUT2D eigenvalue weighted by molar-refractivity contribution is 0.326. The minimum absolute atomic E-state index is 0.758. The summed E-state index contributed by atoms with van der Waals surface area (Å²) in [5.41, 5.74) is 2.19. The van der Waals surface area contributed by atoms with E-state index in [4.69, 9.17) is 11.6 Å². The van der Waals surface area contributed by atoms with E-state index < -0.39 is 0 Å². The lowest BCUT2D eigenvalue weighted by Gasteiger charge is -2.13. The van der Waals surface area contributed by atoms with Crippen LogP contribution in [0, 0.1) is 0 Å². The number of halogens is 1. The van der Waals surface area contributed by atoms with E-state index in [1.807, 2.05) is 24.5 Å². The molecule has 3 rings (SSSR count). The van der Waals surface area contributed by atoms with Gasteiger partial charge in [-0.05, 0) is 38.1 Å². The van der Waals surface area contributed by atoms with Crippen LogP contribution < -0.4 is 0 Å². The molecule has 0 amide bonds. The van der Waals surface area contributed by atoms with E-state index in [2.05, 4.69) is 14.3 Å². The molecular formula is C12H14ClN3. The van der Waals surface area contributed by atoms with Crippen molar-refractivity contribution in [3.8, 4) is 0 Å². The number of aromatic nitrogens is 2. The number of likely N-dealkylation sites (tertiary alicyclic amines) is 1. The molecule has 1 fully saturated rings. The standard InChI is InChI=1S/C12H14ClN3/c13-10-3-4-12-14-7-11(16(12)8-10)9-15-5-1-2-6-15/h3-4,7-8H,1-2,5-6,9H2. The zero-order valence-corrected chi connectivity index (χ0v) is 9.82. The number of hydrogen-bond donors (Lipinski definition) is 0. The van der Waals surface area contributed by atoms with Gasteiger partial charge in [-0.1, -0.05) is 11.6 Å². The van der Waals surface area contributed by atoms with Crippen molar-refractivity contribution in [1.82, 2.24) is 14.3 Å². The van der Waals surface area contributed by atoms with Gasteiger partial charge in [0, 0.05) is 12.7 Å². The molecule has 1 aliphatic heterocycles. The number of imidazole rings is 1. The third-order valence-electron chi connectivity index (χ3n) is 3.13. The molecule has 1 aliphatic rings. The number of pyridine rings is 1. The highest BCUT2D eigenvalue weighted by molar-refractivity contribution is 6.30. The maximum atomic E-state index is 6.00. The maximum Gasteiger partial charge on any atom is 0.137 e. The van der Waals surface area contributed by atoms with Gasteiger partial charge in [-0.2, -0.15) is 0 Å². The van der Waals surface area contributed by atoms with E-state index in [0.29, 0.717) is 0 Å². The second-order valence-corrected chi connectivity index (χ2v) is 4.74. The van der Waals surface area contributed by atoms with E-state index in [0.717, 1.165) is 17.2 Å². The summed E-state index contributed by atoms with van der Waals surface area (Å²) in [7, 11) is 0. The van der Waals surface area contributed by atoms with Gasteiger partial charge in [-0.25, -0.2) is 4.98 Å². The summed E-state index contributed by atoms with van der Waals surface area (Å²) >= 11 is 6.00. The summed E-state index contributed by atoms with van der Waals surface area (Å²) in [6.45, 7) is 3.38. The molecule has 4 heteroatoms. The minimum Gasteiger partial charge on any atom is -0.301 e. The molecule has 0 bridgehead atoms. The number of hydrogen-bond acceptors (Lipinski definition) is 2. The van der Waals surface area contributed by atoms with Crippen LogP contribution in [0.1, 0.15) is 18.5 Å². The van der Waals surface area contributed by atoms with Crippen molar-refractivity contribution in [2.45, 2.75) is 19.4 Å². The zero-order valence-electron chi connectivity index (χ0n) is 9.06. The SMILES string of the molecule is Clc1ccc2ncc(CN3CCCC3)n2c1. The average molecular weight is 236 g/mol. The molecule has 1 saturated heterocycles. The second kappa shape index (κ2) is 4.07. The summed E-state index contributed by atoms with van der Waals surface area (Å²) in [6.07, 6.45) is 6.52. The first-order valence-corrected chi connectivity index (χ1v) is 6.04.